The first kappa shape index (κ1) is 19.1. The molecule has 2 amide bonds. The van der Waals surface area contributed by atoms with Gasteiger partial charge in [0.1, 0.15) is 0 Å². The van der Waals surface area contributed by atoms with Crippen molar-refractivity contribution in [3.63, 3.8) is 0 Å². The Morgan fingerprint density at radius 1 is 1.38 bits per heavy atom. The molecule has 9 heteroatoms. The highest BCUT2D eigenvalue weighted by Gasteiger charge is 2.34. The fraction of sp³-hybridized carbons (Fsp3) is 0.412. The second kappa shape index (κ2) is 7.94. The Hall–Kier alpha value is -1.64. The number of hydrogen-bond acceptors (Lipinski definition) is 6. The number of amides is 2. The smallest absolute Gasteiger partial charge is 0.237 e. The highest BCUT2D eigenvalue weighted by atomic mass is 35.5. The average Bonchev–Trinajstić information content (AvgIpc) is 3.30. The number of aromatic nitrogens is 2. The minimum absolute atomic E-state index is 0.0255. The first-order valence-electron chi connectivity index (χ1n) is 8.22. The molecule has 1 fully saturated rings. The minimum Gasteiger partial charge on any atom is -0.325 e. The molecular weight excluding hydrogens is 392 g/mol. The number of benzene rings is 1. The number of rotatable bonds is 6. The number of halogens is 1. The van der Waals surface area contributed by atoms with Crippen LogP contribution in [0, 0.1) is 6.92 Å². The van der Waals surface area contributed by atoms with Crippen molar-refractivity contribution in [3.8, 4) is 0 Å². The summed E-state index contributed by atoms with van der Waals surface area (Å²) in [5.41, 5.74) is 1.64. The lowest BCUT2D eigenvalue weighted by Gasteiger charge is -2.15. The quantitative estimate of drug-likeness (QED) is 0.572. The fourth-order valence-electron chi connectivity index (χ4n) is 2.40. The van der Waals surface area contributed by atoms with Crippen molar-refractivity contribution >= 4 is 57.3 Å². The average molecular weight is 411 g/mol. The molecule has 1 aromatic heterocycles. The number of nitrogens with one attached hydrogen (secondary N) is 1. The van der Waals surface area contributed by atoms with Crippen LogP contribution in [0.15, 0.2) is 22.5 Å². The van der Waals surface area contributed by atoms with Crippen molar-refractivity contribution in [3.05, 3.63) is 28.8 Å². The molecule has 1 aromatic carbocycles. The third-order valence-electron chi connectivity index (χ3n) is 3.96. The van der Waals surface area contributed by atoms with E-state index in [0.29, 0.717) is 20.2 Å². The number of hydrogen-bond donors (Lipinski definition) is 1. The van der Waals surface area contributed by atoms with Crippen LogP contribution in [-0.2, 0) is 9.59 Å². The lowest BCUT2D eigenvalue weighted by atomic mass is 10.2. The number of carbonyl (C=O) groups is 2. The molecule has 0 bridgehead atoms. The van der Waals surface area contributed by atoms with E-state index in [1.54, 1.807) is 17.0 Å². The van der Waals surface area contributed by atoms with Crippen molar-refractivity contribution in [2.75, 3.05) is 10.2 Å². The van der Waals surface area contributed by atoms with Crippen LogP contribution in [0.4, 0.5) is 10.8 Å². The van der Waals surface area contributed by atoms with Gasteiger partial charge in [-0.25, -0.2) is 0 Å². The lowest BCUT2D eigenvalue weighted by molar-refractivity contribution is -0.117. The van der Waals surface area contributed by atoms with Crippen molar-refractivity contribution in [2.24, 2.45) is 0 Å². The number of aryl methyl sites for hydroxylation is 1. The highest BCUT2D eigenvalue weighted by molar-refractivity contribution is 8.02. The summed E-state index contributed by atoms with van der Waals surface area (Å²) in [6.45, 7) is 5.26. The predicted molar refractivity (Wildman–Crippen MR) is 106 cm³/mol. The molecule has 0 saturated heterocycles. The van der Waals surface area contributed by atoms with Crippen molar-refractivity contribution in [2.45, 2.75) is 49.2 Å². The summed E-state index contributed by atoms with van der Waals surface area (Å²) in [7, 11) is 0. The zero-order valence-corrected chi connectivity index (χ0v) is 17.0. The van der Waals surface area contributed by atoms with Crippen molar-refractivity contribution < 1.29 is 9.59 Å². The van der Waals surface area contributed by atoms with Crippen LogP contribution in [0.25, 0.3) is 0 Å². The summed E-state index contributed by atoms with van der Waals surface area (Å²) in [6, 6.07) is 5.62. The van der Waals surface area contributed by atoms with Gasteiger partial charge < -0.3 is 5.32 Å². The van der Waals surface area contributed by atoms with Crippen LogP contribution >= 0.6 is 34.7 Å². The SMILES string of the molecule is CC(=O)N(c1nnc(SC(C)C(=O)Nc2cc(Cl)ccc2C)s1)C1CC1. The number of anilines is 2. The molecule has 1 unspecified atom stereocenters. The third kappa shape index (κ3) is 4.55. The maximum absolute atomic E-state index is 12.5. The molecule has 1 aliphatic carbocycles. The van der Waals surface area contributed by atoms with Crippen molar-refractivity contribution in [1.82, 2.24) is 10.2 Å². The second-order valence-electron chi connectivity index (χ2n) is 6.18. The molecule has 1 N–H and O–H groups in total. The van der Waals surface area contributed by atoms with E-state index in [1.807, 2.05) is 19.9 Å². The molecule has 138 valence electrons. The van der Waals surface area contributed by atoms with E-state index in [1.165, 1.54) is 30.0 Å². The molecular formula is C17H19ClN4O2S2. The summed E-state index contributed by atoms with van der Waals surface area (Å²) in [6.07, 6.45) is 2.00. The van der Waals surface area contributed by atoms with E-state index in [2.05, 4.69) is 15.5 Å². The molecule has 0 spiro atoms. The Morgan fingerprint density at radius 3 is 2.77 bits per heavy atom. The Bertz CT molecular complexity index is 838. The zero-order chi connectivity index (χ0) is 18.8. The Labute approximate surface area is 165 Å². The van der Waals surface area contributed by atoms with Gasteiger partial charge in [0.05, 0.1) is 5.25 Å². The summed E-state index contributed by atoms with van der Waals surface area (Å²) in [5, 5.41) is 12.0. The van der Waals surface area contributed by atoms with Gasteiger partial charge in [-0.2, -0.15) is 0 Å². The minimum atomic E-state index is -0.360. The first-order valence-corrected chi connectivity index (χ1v) is 10.3. The van der Waals surface area contributed by atoms with Gasteiger partial charge in [0.25, 0.3) is 0 Å². The monoisotopic (exact) mass is 410 g/mol. The maximum Gasteiger partial charge on any atom is 0.237 e. The van der Waals surface area contributed by atoms with Crippen LogP contribution in [0.5, 0.6) is 0 Å². The van der Waals surface area contributed by atoms with Gasteiger partial charge in [-0.3, -0.25) is 14.5 Å². The van der Waals surface area contributed by atoms with Crippen LogP contribution in [0.3, 0.4) is 0 Å². The van der Waals surface area contributed by atoms with E-state index in [0.717, 1.165) is 18.4 Å². The second-order valence-corrected chi connectivity index (χ2v) is 9.16. The van der Waals surface area contributed by atoms with Gasteiger partial charge in [0.2, 0.25) is 16.9 Å². The first-order chi connectivity index (χ1) is 12.3. The maximum atomic E-state index is 12.5. The normalized spacial score (nSPS) is 14.8. The van der Waals surface area contributed by atoms with Gasteiger partial charge in [-0.1, -0.05) is 40.8 Å². The van der Waals surface area contributed by atoms with E-state index in [9.17, 15) is 9.59 Å². The molecule has 1 atom stereocenters. The van der Waals surface area contributed by atoms with E-state index in [4.69, 9.17) is 11.6 Å². The largest absolute Gasteiger partial charge is 0.325 e. The van der Waals surface area contributed by atoms with E-state index < -0.39 is 0 Å². The Kier molecular flexibility index (Phi) is 5.84. The van der Waals surface area contributed by atoms with Crippen LogP contribution < -0.4 is 10.2 Å². The summed E-state index contributed by atoms with van der Waals surface area (Å²) in [5.74, 6) is -0.162. The number of carbonyl (C=O) groups excluding carboxylic acids is 2. The molecule has 2 aromatic rings. The summed E-state index contributed by atoms with van der Waals surface area (Å²) in [4.78, 5) is 26.0. The molecule has 1 heterocycles. The van der Waals surface area contributed by atoms with Gasteiger partial charge in [-0.15, -0.1) is 10.2 Å². The number of nitrogens with zero attached hydrogens (tertiary/aromatic N) is 3. The lowest BCUT2D eigenvalue weighted by Crippen LogP contribution is -2.30. The predicted octanol–water partition coefficient (Wildman–Crippen LogP) is 4.13. The van der Waals surface area contributed by atoms with Gasteiger partial charge >= 0.3 is 0 Å². The van der Waals surface area contributed by atoms with Gasteiger partial charge in [0.15, 0.2) is 4.34 Å². The van der Waals surface area contributed by atoms with Gasteiger partial charge in [-0.05, 0) is 44.4 Å². The molecule has 6 nitrogen and oxygen atoms in total. The topological polar surface area (TPSA) is 75.2 Å². The summed E-state index contributed by atoms with van der Waals surface area (Å²) < 4.78 is 0.664. The van der Waals surface area contributed by atoms with Crippen LogP contribution in [0.1, 0.15) is 32.3 Å². The van der Waals surface area contributed by atoms with Crippen molar-refractivity contribution in [1.29, 1.82) is 0 Å². The number of thioether (sulfide) groups is 1. The molecule has 1 aliphatic rings. The third-order valence-corrected chi connectivity index (χ3v) is 6.30. The molecule has 26 heavy (non-hydrogen) atoms. The molecule has 0 radical (unpaired) electrons. The zero-order valence-electron chi connectivity index (χ0n) is 14.7. The van der Waals surface area contributed by atoms with Crippen LogP contribution in [0.2, 0.25) is 5.02 Å². The fourth-order valence-corrected chi connectivity index (χ4v) is 4.67. The van der Waals surface area contributed by atoms with E-state index >= 15 is 0 Å². The molecule has 1 saturated carbocycles. The van der Waals surface area contributed by atoms with Crippen LogP contribution in [-0.4, -0.2) is 33.3 Å². The molecule has 3 rings (SSSR count). The van der Waals surface area contributed by atoms with E-state index in [-0.39, 0.29) is 23.1 Å². The Balaban J connectivity index is 1.64. The highest BCUT2D eigenvalue weighted by Crippen LogP contribution is 2.37. The standard InChI is InChI=1S/C17H19ClN4O2S2/c1-9-4-5-12(18)8-14(9)19-15(24)10(2)25-17-21-20-16(26-17)22(11(3)23)13-6-7-13/h4-5,8,10,13H,6-7H2,1-3H3,(H,19,24). The van der Waals surface area contributed by atoms with Gasteiger partial charge in [0, 0.05) is 23.7 Å². The Morgan fingerprint density at radius 2 is 2.12 bits per heavy atom. The molecule has 0 aliphatic heterocycles. The summed E-state index contributed by atoms with van der Waals surface area (Å²) >= 11 is 8.66.